The highest BCUT2D eigenvalue weighted by atomic mass is 79.9. The summed E-state index contributed by atoms with van der Waals surface area (Å²) in [5.41, 5.74) is 1.91. The number of hydrogen-bond donors (Lipinski definition) is 0. The highest BCUT2D eigenvalue weighted by Gasteiger charge is 2.35. The van der Waals surface area contributed by atoms with Gasteiger partial charge in [0.15, 0.2) is 4.21 Å². The molecule has 0 N–H and O–H groups in total. The van der Waals surface area contributed by atoms with E-state index in [0.29, 0.717) is 8.68 Å². The van der Waals surface area contributed by atoms with Crippen molar-refractivity contribution in [3.05, 3.63) is 45.7 Å². The number of anilines is 1. The molecule has 1 unspecified atom stereocenters. The molecule has 0 amide bonds. The fraction of sp³-hybridized carbons (Fsp3) is 0.286. The number of nitrogens with zero attached hydrogens (tertiary/aromatic N) is 1. The van der Waals surface area contributed by atoms with E-state index < -0.39 is 10.0 Å². The Bertz CT molecular complexity index is 739. The van der Waals surface area contributed by atoms with Gasteiger partial charge < -0.3 is 0 Å². The van der Waals surface area contributed by atoms with E-state index in [4.69, 9.17) is 0 Å². The van der Waals surface area contributed by atoms with E-state index in [0.717, 1.165) is 24.1 Å². The van der Waals surface area contributed by atoms with Crippen molar-refractivity contribution in [1.82, 2.24) is 0 Å². The molecule has 0 fully saturated rings. The van der Waals surface area contributed by atoms with E-state index in [9.17, 15) is 8.42 Å². The second kappa shape index (κ2) is 5.16. The molecule has 6 heteroatoms. The lowest BCUT2D eigenvalue weighted by molar-refractivity contribution is 0.564. The maximum atomic E-state index is 12.9. The minimum absolute atomic E-state index is 0.0242. The maximum absolute atomic E-state index is 12.9. The molecule has 106 valence electrons. The molecule has 1 atom stereocenters. The summed E-state index contributed by atoms with van der Waals surface area (Å²) in [5.74, 6) is 0. The van der Waals surface area contributed by atoms with Gasteiger partial charge in [0.05, 0.1) is 5.69 Å². The lowest BCUT2D eigenvalue weighted by Crippen LogP contribution is -2.41. The van der Waals surface area contributed by atoms with Crippen molar-refractivity contribution in [2.45, 2.75) is 30.0 Å². The molecule has 0 bridgehead atoms. The van der Waals surface area contributed by atoms with Crippen molar-refractivity contribution in [1.29, 1.82) is 0 Å². The Labute approximate surface area is 131 Å². The van der Waals surface area contributed by atoms with E-state index in [1.165, 1.54) is 11.3 Å². The van der Waals surface area contributed by atoms with Crippen molar-refractivity contribution in [3.63, 3.8) is 0 Å². The maximum Gasteiger partial charge on any atom is 0.275 e. The number of para-hydroxylation sites is 1. The van der Waals surface area contributed by atoms with Crippen LogP contribution in [-0.2, 0) is 16.4 Å². The van der Waals surface area contributed by atoms with Gasteiger partial charge in [-0.05, 0) is 58.8 Å². The Morgan fingerprint density at radius 1 is 1.30 bits per heavy atom. The summed E-state index contributed by atoms with van der Waals surface area (Å²) in [6.45, 7) is 1.97. The predicted octanol–water partition coefficient (Wildman–Crippen LogP) is 4.04. The van der Waals surface area contributed by atoms with Crippen LogP contribution in [0.2, 0.25) is 0 Å². The molecule has 1 aromatic heterocycles. The Morgan fingerprint density at radius 2 is 2.05 bits per heavy atom. The minimum Gasteiger partial charge on any atom is -0.263 e. The first-order valence-electron chi connectivity index (χ1n) is 6.37. The number of thiophene rings is 1. The molecule has 2 heterocycles. The van der Waals surface area contributed by atoms with Crippen molar-refractivity contribution in [3.8, 4) is 0 Å². The van der Waals surface area contributed by atoms with Gasteiger partial charge in [-0.2, -0.15) is 0 Å². The first kappa shape index (κ1) is 14.1. The lowest BCUT2D eigenvalue weighted by atomic mass is 9.99. The summed E-state index contributed by atoms with van der Waals surface area (Å²) < 4.78 is 28.5. The van der Waals surface area contributed by atoms with Crippen molar-refractivity contribution in [2.24, 2.45) is 0 Å². The van der Waals surface area contributed by atoms with Crippen molar-refractivity contribution in [2.75, 3.05) is 4.31 Å². The van der Waals surface area contributed by atoms with Gasteiger partial charge in [0, 0.05) is 10.5 Å². The predicted molar refractivity (Wildman–Crippen MR) is 85.9 cm³/mol. The van der Waals surface area contributed by atoms with E-state index in [-0.39, 0.29) is 6.04 Å². The lowest BCUT2D eigenvalue weighted by Gasteiger charge is -2.35. The average Bonchev–Trinajstić information content (AvgIpc) is 2.85. The van der Waals surface area contributed by atoms with Gasteiger partial charge in [0.1, 0.15) is 0 Å². The molecule has 0 saturated carbocycles. The molecule has 20 heavy (non-hydrogen) atoms. The minimum atomic E-state index is -3.51. The summed E-state index contributed by atoms with van der Waals surface area (Å²) in [6.07, 6.45) is 1.77. The van der Waals surface area contributed by atoms with Crippen LogP contribution in [0.5, 0.6) is 0 Å². The normalized spacial score (nSPS) is 18.9. The van der Waals surface area contributed by atoms with Crippen LogP contribution in [0.25, 0.3) is 0 Å². The molecule has 0 radical (unpaired) electrons. The van der Waals surface area contributed by atoms with Crippen molar-refractivity contribution < 1.29 is 8.42 Å². The van der Waals surface area contributed by atoms with Gasteiger partial charge >= 0.3 is 0 Å². The fourth-order valence-electron chi connectivity index (χ4n) is 2.58. The molecule has 0 saturated heterocycles. The van der Waals surface area contributed by atoms with Crippen molar-refractivity contribution >= 4 is 43.0 Å². The molecule has 1 aliphatic heterocycles. The van der Waals surface area contributed by atoms with Gasteiger partial charge in [-0.3, -0.25) is 4.31 Å². The zero-order valence-corrected chi connectivity index (χ0v) is 14.1. The van der Waals surface area contributed by atoms with Crippen LogP contribution < -0.4 is 4.31 Å². The van der Waals surface area contributed by atoms with E-state index >= 15 is 0 Å². The summed E-state index contributed by atoms with van der Waals surface area (Å²) in [5, 5.41) is 1.79. The molecule has 0 aliphatic carbocycles. The Hall–Kier alpha value is -0.850. The topological polar surface area (TPSA) is 37.4 Å². The smallest absolute Gasteiger partial charge is 0.263 e. The van der Waals surface area contributed by atoms with Crippen LogP contribution in [0.3, 0.4) is 0 Å². The third-order valence-electron chi connectivity index (χ3n) is 3.54. The van der Waals surface area contributed by atoms with Gasteiger partial charge in [0.2, 0.25) is 0 Å². The van der Waals surface area contributed by atoms with Crippen LogP contribution in [0, 0.1) is 0 Å². The number of hydrogen-bond acceptors (Lipinski definition) is 3. The van der Waals surface area contributed by atoms with E-state index in [1.54, 1.807) is 15.8 Å². The molecule has 3 rings (SSSR count). The van der Waals surface area contributed by atoms with Gasteiger partial charge in [-0.1, -0.05) is 18.2 Å². The number of halogens is 1. The molecule has 2 aromatic rings. The van der Waals surface area contributed by atoms with Crippen LogP contribution in [0.15, 0.2) is 44.4 Å². The first-order valence-corrected chi connectivity index (χ1v) is 9.48. The Balaban J connectivity index is 2.17. The second-order valence-electron chi connectivity index (χ2n) is 4.87. The number of fused-ring (bicyclic) bond motifs is 1. The summed E-state index contributed by atoms with van der Waals surface area (Å²) >= 11 is 4.58. The number of benzene rings is 1. The fourth-order valence-corrected chi connectivity index (χ4v) is 6.69. The summed E-state index contributed by atoms with van der Waals surface area (Å²) in [6, 6.07) is 9.50. The second-order valence-corrected chi connectivity index (χ2v) is 8.65. The summed E-state index contributed by atoms with van der Waals surface area (Å²) in [7, 11) is -3.51. The number of rotatable bonds is 2. The van der Waals surface area contributed by atoms with E-state index in [2.05, 4.69) is 15.9 Å². The highest BCUT2D eigenvalue weighted by Crippen LogP contribution is 2.38. The average molecular weight is 372 g/mol. The zero-order chi connectivity index (χ0) is 14.3. The third-order valence-corrected chi connectivity index (χ3v) is 8.11. The third kappa shape index (κ3) is 2.19. The van der Waals surface area contributed by atoms with Gasteiger partial charge in [-0.15, -0.1) is 11.3 Å². The van der Waals surface area contributed by atoms with Gasteiger partial charge in [0.25, 0.3) is 10.0 Å². The Kier molecular flexibility index (Phi) is 3.64. The Morgan fingerprint density at radius 3 is 2.75 bits per heavy atom. The molecule has 1 aliphatic rings. The summed E-state index contributed by atoms with van der Waals surface area (Å²) in [4.78, 5) is 0. The quantitative estimate of drug-likeness (QED) is 0.798. The van der Waals surface area contributed by atoms with Crippen LogP contribution in [0.4, 0.5) is 5.69 Å². The van der Waals surface area contributed by atoms with Gasteiger partial charge in [-0.25, -0.2) is 8.42 Å². The van der Waals surface area contributed by atoms with Crippen LogP contribution >= 0.6 is 27.3 Å². The highest BCUT2D eigenvalue weighted by molar-refractivity contribution is 9.10. The van der Waals surface area contributed by atoms with Crippen LogP contribution in [-0.4, -0.2) is 14.5 Å². The monoisotopic (exact) mass is 371 g/mol. The van der Waals surface area contributed by atoms with E-state index in [1.807, 2.05) is 31.2 Å². The zero-order valence-electron chi connectivity index (χ0n) is 10.9. The molecule has 1 aromatic carbocycles. The molecular formula is C14H14BrNO2S2. The number of sulfonamides is 1. The SMILES string of the molecule is CC1CCc2ccccc2N1S(=O)(=O)c1sccc1Br. The standard InChI is InChI=1S/C14H14BrNO2S2/c1-10-6-7-11-4-2-3-5-13(11)16(10)20(17,18)14-12(15)8-9-19-14/h2-5,8-10H,6-7H2,1H3. The first-order chi connectivity index (χ1) is 9.51. The van der Waals surface area contributed by atoms with Crippen LogP contribution in [0.1, 0.15) is 18.9 Å². The molecule has 0 spiro atoms. The number of aryl methyl sites for hydroxylation is 1. The molecule has 3 nitrogen and oxygen atoms in total. The molecular weight excluding hydrogens is 358 g/mol. The largest absolute Gasteiger partial charge is 0.275 e.